The highest BCUT2D eigenvalue weighted by Crippen LogP contribution is 2.35. The van der Waals surface area contributed by atoms with Gasteiger partial charge in [-0.25, -0.2) is 0 Å². The fourth-order valence-corrected chi connectivity index (χ4v) is 21.6. The van der Waals surface area contributed by atoms with Gasteiger partial charge in [0.15, 0.2) is 0 Å². The molecule has 1 fully saturated rings. The summed E-state index contributed by atoms with van der Waals surface area (Å²) in [6.45, 7) is 10.8. The quantitative estimate of drug-likeness (QED) is 0.507. The van der Waals surface area contributed by atoms with Crippen LogP contribution in [0, 0.1) is 0 Å². The first kappa shape index (κ1) is 18.4. The van der Waals surface area contributed by atoms with E-state index in [1.807, 2.05) is 11.8 Å². The zero-order chi connectivity index (χ0) is 17.4. The summed E-state index contributed by atoms with van der Waals surface area (Å²) in [5.74, 6) is 1.02. The maximum absolute atomic E-state index is 6.38. The molecule has 3 nitrogen and oxygen atoms in total. The minimum Gasteiger partial charge on any atom is -0.416 e. The van der Waals surface area contributed by atoms with E-state index in [1.54, 1.807) is 0 Å². The molecule has 1 heterocycles. The molecule has 0 saturated carbocycles. The number of thioether (sulfide) groups is 1. The van der Waals surface area contributed by atoms with Crippen LogP contribution in [-0.4, -0.2) is 31.4 Å². The molecule has 0 N–H and O–H groups in total. The summed E-state index contributed by atoms with van der Waals surface area (Å²) in [5, 5.41) is 2.63. The average molecular weight is 395 g/mol. The van der Waals surface area contributed by atoms with E-state index in [-0.39, 0.29) is 0 Å². The first-order valence-corrected chi connectivity index (χ1v) is 17.5. The van der Waals surface area contributed by atoms with E-state index in [2.05, 4.69) is 75.2 Å². The number of hydrogen-bond acceptors (Lipinski definition) is 4. The molecule has 7 heteroatoms. The molecule has 0 atom stereocenters. The molecule has 1 aliphatic rings. The normalized spacial score (nSPS) is 21.7. The predicted octanol–water partition coefficient (Wildman–Crippen LogP) is 5.47. The van der Waals surface area contributed by atoms with Crippen molar-refractivity contribution in [1.29, 1.82) is 0 Å². The van der Waals surface area contributed by atoms with E-state index in [4.69, 9.17) is 12.3 Å². The van der Waals surface area contributed by atoms with Gasteiger partial charge in [-0.1, -0.05) is 36.4 Å². The molecular weight excluding hydrogens is 369 g/mol. The van der Waals surface area contributed by atoms with Crippen molar-refractivity contribution in [3.8, 4) is 0 Å². The largest absolute Gasteiger partial charge is 0.416 e. The smallest absolute Gasteiger partial charge is 0.318 e. The highest BCUT2D eigenvalue weighted by Gasteiger charge is 2.52. The molecule has 130 valence electrons. The van der Waals surface area contributed by atoms with E-state index < -0.39 is 25.7 Å². The third-order valence-corrected chi connectivity index (χ3v) is 17.9. The lowest BCUT2D eigenvalue weighted by Gasteiger charge is -2.47. The molecule has 3 rings (SSSR count). The predicted molar refractivity (Wildman–Crippen MR) is 109 cm³/mol. The van der Waals surface area contributed by atoms with E-state index in [1.165, 1.54) is 15.7 Å². The van der Waals surface area contributed by atoms with Crippen molar-refractivity contribution in [1.82, 2.24) is 0 Å². The van der Waals surface area contributed by atoms with Crippen molar-refractivity contribution in [3.63, 3.8) is 0 Å². The van der Waals surface area contributed by atoms with Crippen molar-refractivity contribution in [2.75, 3.05) is 5.75 Å². The Morgan fingerprint density at radius 1 is 0.792 bits per heavy atom. The third kappa shape index (κ3) is 4.40. The lowest BCUT2D eigenvalue weighted by Crippen LogP contribution is -2.65. The van der Waals surface area contributed by atoms with Crippen LogP contribution in [0.2, 0.25) is 38.8 Å². The highest BCUT2D eigenvalue weighted by molar-refractivity contribution is 7.99. The Hall–Kier alpha value is -0.419. The highest BCUT2D eigenvalue weighted by atomic mass is 32.2. The van der Waals surface area contributed by atoms with Gasteiger partial charge < -0.3 is 12.3 Å². The van der Waals surface area contributed by atoms with Crippen LogP contribution in [0.1, 0.15) is 0 Å². The summed E-state index contributed by atoms with van der Waals surface area (Å²) >= 11 is 1.91. The second kappa shape index (κ2) is 6.71. The topological polar surface area (TPSA) is 27.7 Å². The molecular formula is C17H26O3SSi3. The maximum Gasteiger partial charge on any atom is 0.318 e. The molecule has 2 aromatic rings. The minimum atomic E-state index is -2.15. The van der Waals surface area contributed by atoms with Crippen molar-refractivity contribution >= 4 is 48.2 Å². The van der Waals surface area contributed by atoms with Crippen LogP contribution in [0.15, 0.2) is 47.4 Å². The van der Waals surface area contributed by atoms with Crippen LogP contribution < -0.4 is 0 Å². The molecule has 2 aromatic carbocycles. The fraction of sp³-hybridized carbons (Fsp3) is 0.412. The summed E-state index contributed by atoms with van der Waals surface area (Å²) in [4.78, 5) is 1.34. The van der Waals surface area contributed by atoms with Gasteiger partial charge >= 0.3 is 25.7 Å². The van der Waals surface area contributed by atoms with Crippen LogP contribution >= 0.6 is 11.8 Å². The van der Waals surface area contributed by atoms with Gasteiger partial charge in [0.2, 0.25) is 0 Å². The van der Waals surface area contributed by atoms with Gasteiger partial charge in [0.25, 0.3) is 0 Å². The van der Waals surface area contributed by atoms with Crippen LogP contribution in [0.3, 0.4) is 0 Å². The van der Waals surface area contributed by atoms with E-state index in [9.17, 15) is 0 Å². The monoisotopic (exact) mass is 394 g/mol. The molecule has 0 spiro atoms. The van der Waals surface area contributed by atoms with Crippen molar-refractivity contribution in [2.45, 2.75) is 43.7 Å². The molecule has 0 aliphatic carbocycles. The lowest BCUT2D eigenvalue weighted by molar-refractivity contribution is 0.233. The van der Waals surface area contributed by atoms with Crippen molar-refractivity contribution in [3.05, 3.63) is 42.5 Å². The second-order valence-electron chi connectivity index (χ2n) is 7.32. The Kier molecular flexibility index (Phi) is 5.14. The molecule has 1 saturated heterocycles. The third-order valence-electron chi connectivity index (χ3n) is 3.98. The van der Waals surface area contributed by atoms with Gasteiger partial charge in [0.1, 0.15) is 0 Å². The van der Waals surface area contributed by atoms with Gasteiger partial charge in [0.05, 0.1) is 0 Å². The Labute approximate surface area is 152 Å². The molecule has 0 amide bonds. The number of rotatable bonds is 4. The summed E-state index contributed by atoms with van der Waals surface area (Å²) in [5.41, 5.74) is 0. The van der Waals surface area contributed by atoms with E-state index in [0.29, 0.717) is 0 Å². The zero-order valence-electron chi connectivity index (χ0n) is 15.1. The fourth-order valence-electron chi connectivity index (χ4n) is 3.46. The van der Waals surface area contributed by atoms with Gasteiger partial charge in [-0.2, -0.15) is 0 Å². The zero-order valence-corrected chi connectivity index (χ0v) is 18.9. The van der Waals surface area contributed by atoms with Gasteiger partial charge in [-0.15, -0.1) is 11.8 Å². The Morgan fingerprint density at radius 2 is 1.42 bits per heavy atom. The minimum absolute atomic E-state index is 0.997. The van der Waals surface area contributed by atoms with E-state index >= 15 is 0 Å². The van der Waals surface area contributed by atoms with Gasteiger partial charge in [-0.05, 0) is 61.4 Å². The summed E-state index contributed by atoms with van der Waals surface area (Å²) in [6, 6.07) is 16.1. The molecule has 0 radical (unpaired) electrons. The van der Waals surface area contributed by atoms with Crippen molar-refractivity contribution < 1.29 is 12.3 Å². The average Bonchev–Trinajstić information content (AvgIpc) is 2.43. The Balaban J connectivity index is 1.69. The van der Waals surface area contributed by atoms with Crippen LogP contribution in [0.5, 0.6) is 0 Å². The number of fused-ring (bicyclic) bond motifs is 1. The molecule has 1 aliphatic heterocycles. The van der Waals surface area contributed by atoms with Crippen LogP contribution in [0.25, 0.3) is 10.8 Å². The molecule has 0 bridgehead atoms. The standard InChI is InChI=1S/C17H26O3SSi3/c1-22(2)18-23(3,4)20-24(5,19-22)14-13-21-17-12-8-10-15-9-6-7-11-16(15)17/h6-12H,13-14H2,1-5H3. The SMILES string of the molecule is C[Si]1(C)O[Si](C)(C)O[Si](C)(CCSc2cccc3ccccc23)O1. The number of benzene rings is 2. The van der Waals surface area contributed by atoms with E-state index in [0.717, 1.165) is 11.8 Å². The molecule has 0 aromatic heterocycles. The first-order valence-electron chi connectivity index (χ1n) is 8.39. The maximum atomic E-state index is 6.38. The first-order chi connectivity index (χ1) is 11.2. The van der Waals surface area contributed by atoms with Gasteiger partial charge in [-0.3, -0.25) is 0 Å². The molecule has 24 heavy (non-hydrogen) atoms. The Bertz CT molecular complexity index is 715. The summed E-state index contributed by atoms with van der Waals surface area (Å²) in [6.07, 6.45) is 0. The number of hydrogen-bond donors (Lipinski definition) is 0. The summed E-state index contributed by atoms with van der Waals surface area (Å²) in [7, 11) is -6.24. The van der Waals surface area contributed by atoms with Gasteiger partial charge in [0, 0.05) is 4.90 Å². The second-order valence-corrected chi connectivity index (χ2v) is 19.3. The lowest BCUT2D eigenvalue weighted by atomic mass is 10.1. The van der Waals surface area contributed by atoms with Crippen LogP contribution in [-0.2, 0) is 12.3 Å². The summed E-state index contributed by atoms with van der Waals surface area (Å²) < 4.78 is 18.9. The van der Waals surface area contributed by atoms with Crippen LogP contribution in [0.4, 0.5) is 0 Å². The van der Waals surface area contributed by atoms with Crippen molar-refractivity contribution in [2.24, 2.45) is 0 Å². The Morgan fingerprint density at radius 3 is 2.12 bits per heavy atom. The molecule has 0 unspecified atom stereocenters.